The minimum atomic E-state index is -0.771. The fourth-order valence-corrected chi connectivity index (χ4v) is 2.37. The predicted molar refractivity (Wildman–Crippen MR) is 75.4 cm³/mol. The number of aliphatic hydroxyl groups is 1. The molecule has 6 heteroatoms. The van der Waals surface area contributed by atoms with Crippen molar-refractivity contribution in [1.29, 1.82) is 0 Å². The molecule has 3 N–H and O–H groups in total. The monoisotopic (exact) mass is 286 g/mol. The lowest BCUT2D eigenvalue weighted by Gasteiger charge is -2.31. The molecule has 6 nitrogen and oxygen atoms in total. The number of carboxylic acid groups (broad SMARTS) is 1. The van der Waals surface area contributed by atoms with E-state index in [0.717, 1.165) is 19.3 Å². The average molecular weight is 286 g/mol. The van der Waals surface area contributed by atoms with Crippen molar-refractivity contribution >= 4 is 12.0 Å². The van der Waals surface area contributed by atoms with Crippen LogP contribution in [0.2, 0.25) is 0 Å². The van der Waals surface area contributed by atoms with E-state index in [1.165, 1.54) is 0 Å². The second-order valence-electron chi connectivity index (χ2n) is 5.67. The van der Waals surface area contributed by atoms with Crippen LogP contribution >= 0.6 is 0 Å². The van der Waals surface area contributed by atoms with Crippen LogP contribution in [0, 0.1) is 11.8 Å². The van der Waals surface area contributed by atoms with Gasteiger partial charge in [-0.25, -0.2) is 4.79 Å². The molecule has 2 amide bonds. The molecule has 1 heterocycles. The Morgan fingerprint density at radius 3 is 2.50 bits per heavy atom. The zero-order valence-electron chi connectivity index (χ0n) is 12.2. The molecule has 0 bridgehead atoms. The molecular weight excluding hydrogens is 260 g/mol. The van der Waals surface area contributed by atoms with Crippen molar-refractivity contribution in [3.63, 3.8) is 0 Å². The summed E-state index contributed by atoms with van der Waals surface area (Å²) in [6, 6.07) is -0.0492. The molecule has 1 aliphatic rings. The highest BCUT2D eigenvalue weighted by Crippen LogP contribution is 2.16. The number of hydrogen-bond donors (Lipinski definition) is 3. The summed E-state index contributed by atoms with van der Waals surface area (Å²) in [5, 5.41) is 20.5. The van der Waals surface area contributed by atoms with E-state index in [1.54, 1.807) is 4.90 Å². The van der Waals surface area contributed by atoms with E-state index < -0.39 is 5.97 Å². The van der Waals surface area contributed by atoms with E-state index in [0.29, 0.717) is 37.9 Å². The molecule has 0 aliphatic carbocycles. The van der Waals surface area contributed by atoms with E-state index in [2.05, 4.69) is 5.32 Å². The lowest BCUT2D eigenvalue weighted by atomic mass is 9.98. The van der Waals surface area contributed by atoms with Gasteiger partial charge in [-0.15, -0.1) is 0 Å². The van der Waals surface area contributed by atoms with E-state index in [9.17, 15) is 9.59 Å². The number of rotatable bonds is 7. The molecule has 1 fully saturated rings. The number of carbonyl (C=O) groups excluding carboxylic acids is 1. The van der Waals surface area contributed by atoms with Crippen molar-refractivity contribution in [2.75, 3.05) is 26.2 Å². The average Bonchev–Trinajstić information content (AvgIpc) is 2.45. The summed E-state index contributed by atoms with van der Waals surface area (Å²) in [5.41, 5.74) is 0. The highest BCUT2D eigenvalue weighted by atomic mass is 16.4. The van der Waals surface area contributed by atoms with Crippen molar-refractivity contribution < 1.29 is 19.8 Å². The highest BCUT2D eigenvalue weighted by molar-refractivity contribution is 5.74. The zero-order valence-corrected chi connectivity index (χ0v) is 12.2. The fourth-order valence-electron chi connectivity index (χ4n) is 2.37. The van der Waals surface area contributed by atoms with Gasteiger partial charge in [0.1, 0.15) is 0 Å². The highest BCUT2D eigenvalue weighted by Gasteiger charge is 2.21. The minimum Gasteiger partial charge on any atom is -0.481 e. The number of aliphatic hydroxyl groups excluding tert-OH is 1. The third-order valence-corrected chi connectivity index (χ3v) is 3.92. The van der Waals surface area contributed by atoms with Gasteiger partial charge >= 0.3 is 12.0 Å². The van der Waals surface area contributed by atoms with Crippen LogP contribution in [0.15, 0.2) is 0 Å². The molecule has 0 saturated carbocycles. The molecule has 0 aromatic rings. The quantitative estimate of drug-likeness (QED) is 0.658. The molecule has 20 heavy (non-hydrogen) atoms. The number of nitrogens with one attached hydrogen (secondary N) is 1. The maximum absolute atomic E-state index is 11.9. The molecular formula is C14H26N2O4. The Morgan fingerprint density at radius 2 is 1.95 bits per heavy atom. The Labute approximate surface area is 120 Å². The zero-order chi connectivity index (χ0) is 15.0. The number of hydrogen-bond acceptors (Lipinski definition) is 3. The molecule has 1 atom stereocenters. The SMILES string of the molecule is CC(CCNC(=O)N1CCC(CO)CC1)CCC(=O)O. The number of urea groups is 1. The molecule has 1 saturated heterocycles. The van der Waals surface area contributed by atoms with Crippen LogP contribution in [0.4, 0.5) is 4.79 Å². The Balaban J connectivity index is 2.12. The van der Waals surface area contributed by atoms with Crippen LogP contribution in [-0.2, 0) is 4.79 Å². The van der Waals surface area contributed by atoms with Gasteiger partial charge < -0.3 is 20.4 Å². The summed E-state index contributed by atoms with van der Waals surface area (Å²) >= 11 is 0. The van der Waals surface area contributed by atoms with Gasteiger partial charge in [-0.1, -0.05) is 6.92 Å². The summed E-state index contributed by atoms with van der Waals surface area (Å²) in [6.07, 6.45) is 3.35. The molecule has 0 aromatic heterocycles. The fraction of sp³-hybridized carbons (Fsp3) is 0.857. The van der Waals surface area contributed by atoms with Crippen LogP contribution in [0.3, 0.4) is 0 Å². The number of carboxylic acids is 1. The van der Waals surface area contributed by atoms with Gasteiger partial charge in [-0.05, 0) is 37.5 Å². The molecule has 0 spiro atoms. The number of nitrogens with zero attached hydrogens (tertiary/aromatic N) is 1. The Morgan fingerprint density at radius 1 is 1.30 bits per heavy atom. The van der Waals surface area contributed by atoms with Crippen LogP contribution < -0.4 is 5.32 Å². The second kappa shape index (κ2) is 8.79. The first-order chi connectivity index (χ1) is 9.52. The first-order valence-electron chi connectivity index (χ1n) is 7.38. The Bertz CT molecular complexity index is 314. The molecule has 116 valence electrons. The first-order valence-corrected chi connectivity index (χ1v) is 7.38. The van der Waals surface area contributed by atoms with Gasteiger partial charge in [0.2, 0.25) is 0 Å². The van der Waals surface area contributed by atoms with Crippen molar-refractivity contribution in [3.05, 3.63) is 0 Å². The second-order valence-corrected chi connectivity index (χ2v) is 5.67. The summed E-state index contributed by atoms with van der Waals surface area (Å²) in [5.74, 6) is -0.144. The normalized spacial score (nSPS) is 17.8. The van der Waals surface area contributed by atoms with E-state index >= 15 is 0 Å². The predicted octanol–water partition coefficient (Wildman–Crippen LogP) is 1.29. The maximum atomic E-state index is 11.9. The van der Waals surface area contributed by atoms with Crippen molar-refractivity contribution in [2.24, 2.45) is 11.8 Å². The lowest BCUT2D eigenvalue weighted by molar-refractivity contribution is -0.137. The van der Waals surface area contributed by atoms with E-state index in [4.69, 9.17) is 10.2 Å². The summed E-state index contributed by atoms with van der Waals surface area (Å²) < 4.78 is 0. The standard InChI is InChI=1S/C14H26N2O4/c1-11(2-3-13(18)19)4-7-15-14(20)16-8-5-12(10-17)6-9-16/h11-12,17H,2-10H2,1H3,(H,15,20)(H,18,19). The van der Waals surface area contributed by atoms with Crippen LogP contribution in [0.25, 0.3) is 0 Å². The molecule has 1 unspecified atom stereocenters. The minimum absolute atomic E-state index is 0.0492. The van der Waals surface area contributed by atoms with Crippen molar-refractivity contribution in [3.8, 4) is 0 Å². The number of aliphatic carboxylic acids is 1. The van der Waals surface area contributed by atoms with Gasteiger partial charge in [-0.3, -0.25) is 4.79 Å². The van der Waals surface area contributed by atoms with Gasteiger partial charge in [0.15, 0.2) is 0 Å². The number of likely N-dealkylation sites (tertiary alicyclic amines) is 1. The number of amides is 2. The molecule has 1 rings (SSSR count). The number of carbonyl (C=O) groups is 2. The third kappa shape index (κ3) is 6.23. The van der Waals surface area contributed by atoms with Gasteiger partial charge in [0, 0.05) is 32.7 Å². The summed E-state index contributed by atoms with van der Waals surface area (Å²) in [4.78, 5) is 24.1. The topological polar surface area (TPSA) is 89.9 Å². The van der Waals surface area contributed by atoms with E-state index in [1.807, 2.05) is 6.92 Å². The Kier molecular flexibility index (Phi) is 7.36. The van der Waals surface area contributed by atoms with E-state index in [-0.39, 0.29) is 19.1 Å². The van der Waals surface area contributed by atoms with Gasteiger partial charge in [0.25, 0.3) is 0 Å². The van der Waals surface area contributed by atoms with Crippen molar-refractivity contribution in [1.82, 2.24) is 10.2 Å². The largest absolute Gasteiger partial charge is 0.481 e. The molecule has 0 aromatic carbocycles. The van der Waals surface area contributed by atoms with Crippen LogP contribution in [-0.4, -0.2) is 53.4 Å². The van der Waals surface area contributed by atoms with Crippen molar-refractivity contribution in [2.45, 2.75) is 39.0 Å². The number of piperidine rings is 1. The maximum Gasteiger partial charge on any atom is 0.317 e. The van der Waals surface area contributed by atoms with Gasteiger partial charge in [0.05, 0.1) is 0 Å². The summed E-state index contributed by atoms with van der Waals surface area (Å²) in [6.45, 7) is 4.19. The third-order valence-electron chi connectivity index (χ3n) is 3.92. The van der Waals surface area contributed by atoms with Gasteiger partial charge in [-0.2, -0.15) is 0 Å². The molecule has 0 radical (unpaired) electrons. The van der Waals surface area contributed by atoms with Crippen LogP contribution in [0.5, 0.6) is 0 Å². The van der Waals surface area contributed by atoms with Crippen LogP contribution in [0.1, 0.15) is 39.0 Å². The smallest absolute Gasteiger partial charge is 0.317 e. The molecule has 1 aliphatic heterocycles. The Hall–Kier alpha value is -1.30. The lowest BCUT2D eigenvalue weighted by Crippen LogP contribution is -2.45. The summed E-state index contributed by atoms with van der Waals surface area (Å²) in [7, 11) is 0. The first kappa shape index (κ1) is 16.8.